The molecule has 0 spiro atoms. The van der Waals surface area contributed by atoms with Crippen LogP contribution in [-0.4, -0.2) is 25.2 Å². The largest absolute Gasteiger partial charge is 0.381 e. The minimum absolute atomic E-state index is 0. The van der Waals surface area contributed by atoms with Crippen LogP contribution in [0.2, 0.25) is 0 Å². The van der Waals surface area contributed by atoms with Crippen molar-refractivity contribution in [2.75, 3.05) is 13.2 Å². The van der Waals surface area contributed by atoms with Crippen LogP contribution in [0.25, 0.3) is 0 Å². The highest BCUT2D eigenvalue weighted by atomic mass is 35.5. The van der Waals surface area contributed by atoms with E-state index < -0.39 is 0 Å². The summed E-state index contributed by atoms with van der Waals surface area (Å²) in [6, 6.07) is 0.353. The Hall–Kier alpha value is -0.480. The second-order valence-corrected chi connectivity index (χ2v) is 2.44. The molecule has 1 aliphatic heterocycles. The smallest absolute Gasteiger partial charge is 0.185 e. The van der Waals surface area contributed by atoms with Crippen molar-refractivity contribution < 1.29 is 4.74 Å². The SMILES string of the molecule is Cl.N=C(N)NC1CCOCC1. The highest BCUT2D eigenvalue weighted by molar-refractivity contribution is 5.85. The molecule has 0 bridgehead atoms. The normalized spacial score (nSPS) is 18.5. The number of nitrogens with one attached hydrogen (secondary N) is 2. The van der Waals surface area contributed by atoms with Crippen molar-refractivity contribution in [3.63, 3.8) is 0 Å². The summed E-state index contributed by atoms with van der Waals surface area (Å²) in [5, 5.41) is 9.82. The average molecular weight is 180 g/mol. The fourth-order valence-corrected chi connectivity index (χ4v) is 1.06. The second kappa shape index (κ2) is 5.21. The highest BCUT2D eigenvalue weighted by Crippen LogP contribution is 2.04. The summed E-state index contributed by atoms with van der Waals surface area (Å²) in [5.74, 6) is 0.0619. The molecule has 4 nitrogen and oxygen atoms in total. The summed E-state index contributed by atoms with van der Waals surface area (Å²) in [6.45, 7) is 1.57. The summed E-state index contributed by atoms with van der Waals surface area (Å²) >= 11 is 0. The van der Waals surface area contributed by atoms with E-state index in [-0.39, 0.29) is 18.4 Å². The molecule has 1 rings (SSSR count). The van der Waals surface area contributed by atoms with Gasteiger partial charge in [0.25, 0.3) is 0 Å². The maximum atomic E-state index is 6.96. The molecule has 0 unspecified atom stereocenters. The Morgan fingerprint density at radius 1 is 1.45 bits per heavy atom. The van der Waals surface area contributed by atoms with E-state index in [4.69, 9.17) is 15.9 Å². The Morgan fingerprint density at radius 3 is 2.45 bits per heavy atom. The van der Waals surface area contributed by atoms with E-state index in [0.717, 1.165) is 26.1 Å². The van der Waals surface area contributed by atoms with Crippen LogP contribution in [0.3, 0.4) is 0 Å². The van der Waals surface area contributed by atoms with Crippen LogP contribution < -0.4 is 11.1 Å². The number of ether oxygens (including phenoxy) is 1. The molecule has 0 radical (unpaired) electrons. The van der Waals surface area contributed by atoms with Gasteiger partial charge in [0.05, 0.1) is 0 Å². The van der Waals surface area contributed by atoms with Crippen molar-refractivity contribution in [2.24, 2.45) is 5.73 Å². The Bertz CT molecular complexity index is 125. The number of rotatable bonds is 1. The van der Waals surface area contributed by atoms with Gasteiger partial charge in [-0.05, 0) is 12.8 Å². The van der Waals surface area contributed by atoms with Crippen molar-refractivity contribution in [1.29, 1.82) is 5.41 Å². The molecule has 0 aromatic rings. The van der Waals surface area contributed by atoms with Crippen LogP contribution in [0.15, 0.2) is 0 Å². The van der Waals surface area contributed by atoms with Gasteiger partial charge in [0, 0.05) is 19.3 Å². The topological polar surface area (TPSA) is 71.1 Å². The van der Waals surface area contributed by atoms with E-state index in [1.54, 1.807) is 0 Å². The maximum Gasteiger partial charge on any atom is 0.185 e. The summed E-state index contributed by atoms with van der Waals surface area (Å²) in [6.07, 6.45) is 1.92. The van der Waals surface area contributed by atoms with Gasteiger partial charge in [-0.3, -0.25) is 5.41 Å². The van der Waals surface area contributed by atoms with Crippen LogP contribution in [0.1, 0.15) is 12.8 Å². The third-order valence-electron chi connectivity index (χ3n) is 1.58. The fraction of sp³-hybridized carbons (Fsp3) is 0.833. The first-order chi connectivity index (χ1) is 4.79. The summed E-state index contributed by atoms with van der Waals surface area (Å²) in [4.78, 5) is 0. The van der Waals surface area contributed by atoms with Crippen molar-refractivity contribution in [3.05, 3.63) is 0 Å². The standard InChI is InChI=1S/C6H13N3O.ClH/c7-6(8)9-5-1-3-10-4-2-5;/h5H,1-4H2,(H4,7,8,9);1H. The molecule has 66 valence electrons. The molecular weight excluding hydrogens is 166 g/mol. The van der Waals surface area contributed by atoms with Gasteiger partial charge in [-0.25, -0.2) is 0 Å². The predicted octanol–water partition coefficient (Wildman–Crippen LogP) is 0.0703. The molecule has 1 aliphatic rings. The molecule has 1 heterocycles. The molecule has 1 saturated heterocycles. The molecule has 4 N–H and O–H groups in total. The summed E-state index contributed by atoms with van der Waals surface area (Å²) in [5.41, 5.74) is 5.15. The van der Waals surface area contributed by atoms with E-state index in [1.165, 1.54) is 0 Å². The van der Waals surface area contributed by atoms with E-state index in [1.807, 2.05) is 0 Å². The van der Waals surface area contributed by atoms with Crippen LogP contribution in [0.4, 0.5) is 0 Å². The monoisotopic (exact) mass is 179 g/mol. The van der Waals surface area contributed by atoms with Crippen molar-refractivity contribution in [1.82, 2.24) is 5.32 Å². The Morgan fingerprint density at radius 2 is 2.00 bits per heavy atom. The second-order valence-electron chi connectivity index (χ2n) is 2.44. The first kappa shape index (κ1) is 10.5. The zero-order chi connectivity index (χ0) is 7.40. The Balaban J connectivity index is 0.000001000. The number of guanidine groups is 1. The molecule has 5 heteroatoms. The van der Waals surface area contributed by atoms with E-state index >= 15 is 0 Å². The zero-order valence-corrected chi connectivity index (χ0v) is 7.12. The molecule has 1 fully saturated rings. The average Bonchev–Trinajstić information content (AvgIpc) is 1.88. The number of hydrogen-bond acceptors (Lipinski definition) is 2. The van der Waals surface area contributed by atoms with Gasteiger partial charge in [0.2, 0.25) is 0 Å². The van der Waals surface area contributed by atoms with E-state index in [9.17, 15) is 0 Å². The van der Waals surface area contributed by atoms with Gasteiger partial charge in [-0.15, -0.1) is 12.4 Å². The van der Waals surface area contributed by atoms with Gasteiger partial charge in [-0.2, -0.15) is 0 Å². The highest BCUT2D eigenvalue weighted by Gasteiger charge is 2.12. The molecule has 0 amide bonds. The van der Waals surface area contributed by atoms with Gasteiger partial charge in [-0.1, -0.05) is 0 Å². The molecule has 0 atom stereocenters. The van der Waals surface area contributed by atoms with E-state index in [2.05, 4.69) is 5.32 Å². The van der Waals surface area contributed by atoms with Crippen LogP contribution in [0, 0.1) is 5.41 Å². The lowest BCUT2D eigenvalue weighted by molar-refractivity contribution is 0.0823. The lowest BCUT2D eigenvalue weighted by atomic mass is 10.1. The van der Waals surface area contributed by atoms with Crippen LogP contribution in [-0.2, 0) is 4.74 Å². The summed E-state index contributed by atoms with van der Waals surface area (Å²) < 4.78 is 5.13. The van der Waals surface area contributed by atoms with Crippen LogP contribution >= 0.6 is 12.4 Å². The minimum atomic E-state index is 0. The summed E-state index contributed by atoms with van der Waals surface area (Å²) in [7, 11) is 0. The molecule has 0 aromatic heterocycles. The number of hydrogen-bond donors (Lipinski definition) is 3. The lowest BCUT2D eigenvalue weighted by Gasteiger charge is -2.22. The van der Waals surface area contributed by atoms with Gasteiger partial charge >= 0.3 is 0 Å². The van der Waals surface area contributed by atoms with Crippen molar-refractivity contribution in [3.8, 4) is 0 Å². The zero-order valence-electron chi connectivity index (χ0n) is 6.30. The molecule has 0 aromatic carbocycles. The minimum Gasteiger partial charge on any atom is -0.381 e. The third-order valence-corrected chi connectivity index (χ3v) is 1.58. The van der Waals surface area contributed by atoms with E-state index in [0.29, 0.717) is 6.04 Å². The van der Waals surface area contributed by atoms with Crippen molar-refractivity contribution >= 4 is 18.4 Å². The molecule has 0 saturated carbocycles. The number of halogens is 1. The quantitative estimate of drug-likeness (QED) is 0.394. The number of nitrogens with two attached hydrogens (primary N) is 1. The molecule has 11 heavy (non-hydrogen) atoms. The van der Waals surface area contributed by atoms with Gasteiger partial charge in [0.1, 0.15) is 0 Å². The first-order valence-electron chi connectivity index (χ1n) is 3.47. The van der Waals surface area contributed by atoms with Gasteiger partial charge < -0.3 is 15.8 Å². The third kappa shape index (κ3) is 4.06. The predicted molar refractivity (Wildman–Crippen MR) is 46.1 cm³/mol. The fourth-order valence-electron chi connectivity index (χ4n) is 1.06. The molecular formula is C6H14ClN3O. The van der Waals surface area contributed by atoms with Crippen molar-refractivity contribution in [2.45, 2.75) is 18.9 Å². The van der Waals surface area contributed by atoms with Gasteiger partial charge in [0.15, 0.2) is 5.96 Å². The molecule has 0 aliphatic carbocycles. The maximum absolute atomic E-state index is 6.96. The first-order valence-corrected chi connectivity index (χ1v) is 3.47. The Labute approximate surface area is 72.4 Å². The lowest BCUT2D eigenvalue weighted by Crippen LogP contribution is -2.42. The Kier molecular flexibility index (Phi) is 4.98. The van der Waals surface area contributed by atoms with Crippen LogP contribution in [0.5, 0.6) is 0 Å².